The quantitative estimate of drug-likeness (QED) is 0.646. The van der Waals surface area contributed by atoms with E-state index >= 15 is 0 Å². The number of nitrogens with one attached hydrogen (secondary N) is 1. The lowest BCUT2D eigenvalue weighted by atomic mass is 9.76. The fourth-order valence-electron chi connectivity index (χ4n) is 3.87. The molecule has 0 unspecified atom stereocenters. The van der Waals surface area contributed by atoms with Crippen LogP contribution < -0.4 is 14.2 Å². The lowest BCUT2D eigenvalue weighted by Gasteiger charge is -2.27. The fourth-order valence-corrected chi connectivity index (χ4v) is 5.10. The number of hydrogen-bond donors (Lipinski definition) is 1. The number of benzene rings is 2. The average Bonchev–Trinajstić information content (AvgIpc) is 3.03. The van der Waals surface area contributed by atoms with Crippen LogP contribution in [0.1, 0.15) is 36.4 Å². The number of carbonyl (C=O) groups excluding carboxylic acids is 1. The van der Waals surface area contributed by atoms with Gasteiger partial charge in [0.1, 0.15) is 27.7 Å². The number of ketones is 1. The van der Waals surface area contributed by atoms with Crippen molar-refractivity contribution in [2.45, 2.75) is 31.6 Å². The van der Waals surface area contributed by atoms with Gasteiger partial charge >= 0.3 is 0 Å². The first-order valence-corrected chi connectivity index (χ1v) is 11.0. The summed E-state index contributed by atoms with van der Waals surface area (Å²) in [5.74, 6) is 1.25. The number of fused-ring (bicyclic) bond motifs is 3. The first-order chi connectivity index (χ1) is 14.1. The molecule has 1 aromatic heterocycles. The van der Waals surface area contributed by atoms with Crippen molar-refractivity contribution in [2.24, 2.45) is 5.41 Å². The summed E-state index contributed by atoms with van der Waals surface area (Å²) >= 11 is 0. The van der Waals surface area contributed by atoms with Crippen LogP contribution in [0.2, 0.25) is 0 Å². The molecule has 0 spiro atoms. The zero-order valence-electron chi connectivity index (χ0n) is 17.2. The fraction of sp³-hybridized carbons (Fsp3) is 0.318. The molecule has 0 amide bonds. The summed E-state index contributed by atoms with van der Waals surface area (Å²) < 4.78 is 44.9. The highest BCUT2D eigenvalue weighted by atomic mass is 32.2. The molecule has 1 aliphatic rings. The van der Waals surface area contributed by atoms with Gasteiger partial charge in [0.2, 0.25) is 0 Å². The van der Waals surface area contributed by atoms with Crippen LogP contribution in [-0.2, 0) is 16.4 Å². The zero-order valence-corrected chi connectivity index (χ0v) is 18.1. The van der Waals surface area contributed by atoms with Crippen LogP contribution in [-0.4, -0.2) is 28.4 Å². The van der Waals surface area contributed by atoms with E-state index in [1.807, 2.05) is 13.8 Å². The van der Waals surface area contributed by atoms with Crippen molar-refractivity contribution in [3.63, 3.8) is 0 Å². The van der Waals surface area contributed by atoms with E-state index in [-0.39, 0.29) is 21.8 Å². The number of hydrogen-bond acceptors (Lipinski definition) is 6. The van der Waals surface area contributed by atoms with Crippen molar-refractivity contribution in [2.75, 3.05) is 18.9 Å². The third-order valence-electron chi connectivity index (χ3n) is 5.23. The Morgan fingerprint density at radius 2 is 1.80 bits per heavy atom. The van der Waals surface area contributed by atoms with Crippen LogP contribution in [0.5, 0.6) is 11.5 Å². The van der Waals surface area contributed by atoms with Crippen LogP contribution >= 0.6 is 0 Å². The highest BCUT2D eigenvalue weighted by Crippen LogP contribution is 2.40. The van der Waals surface area contributed by atoms with Crippen molar-refractivity contribution in [3.05, 3.63) is 47.7 Å². The number of anilines is 1. The van der Waals surface area contributed by atoms with Gasteiger partial charge in [0.15, 0.2) is 5.78 Å². The Kier molecular flexibility index (Phi) is 4.77. The second-order valence-electron chi connectivity index (χ2n) is 8.17. The van der Waals surface area contributed by atoms with Gasteiger partial charge in [-0.1, -0.05) is 13.8 Å². The van der Waals surface area contributed by atoms with E-state index < -0.39 is 10.0 Å². The molecule has 0 atom stereocenters. The first-order valence-electron chi connectivity index (χ1n) is 9.47. The molecule has 8 heteroatoms. The van der Waals surface area contributed by atoms with Crippen LogP contribution in [0, 0.1) is 5.41 Å². The third kappa shape index (κ3) is 3.52. The molecule has 1 aliphatic carbocycles. The van der Waals surface area contributed by atoms with Gasteiger partial charge in [0.25, 0.3) is 10.0 Å². The molecule has 0 saturated heterocycles. The number of sulfonamides is 1. The lowest BCUT2D eigenvalue weighted by molar-refractivity contribution is 0.0906. The molecule has 1 N–H and O–H groups in total. The molecule has 0 fully saturated rings. The maximum atomic E-state index is 13.0. The Morgan fingerprint density at radius 1 is 1.03 bits per heavy atom. The number of methoxy groups -OCH3 is 2. The van der Waals surface area contributed by atoms with Crippen molar-refractivity contribution in [1.29, 1.82) is 0 Å². The van der Waals surface area contributed by atoms with E-state index in [2.05, 4.69) is 4.72 Å². The summed E-state index contributed by atoms with van der Waals surface area (Å²) in [6, 6.07) is 9.47. The van der Waals surface area contributed by atoms with Gasteiger partial charge < -0.3 is 13.9 Å². The van der Waals surface area contributed by atoms with Crippen molar-refractivity contribution in [1.82, 2.24) is 0 Å². The Hall–Kier alpha value is -3.00. The monoisotopic (exact) mass is 429 g/mol. The SMILES string of the molecule is COc1ccc(OC)c(S(=O)(=O)Nc2ccc3oc4c(c3c2)C(=O)CC(C)(C)C4)c1. The van der Waals surface area contributed by atoms with Crippen molar-refractivity contribution >= 4 is 32.5 Å². The number of ether oxygens (including phenoxy) is 2. The molecule has 0 saturated carbocycles. The predicted molar refractivity (Wildman–Crippen MR) is 113 cm³/mol. The average molecular weight is 429 g/mol. The van der Waals surface area contributed by atoms with Crippen LogP contribution in [0.3, 0.4) is 0 Å². The maximum Gasteiger partial charge on any atom is 0.265 e. The van der Waals surface area contributed by atoms with E-state index in [1.165, 1.54) is 26.4 Å². The molecule has 2 aromatic carbocycles. The van der Waals surface area contributed by atoms with Crippen LogP contribution in [0.15, 0.2) is 45.7 Å². The predicted octanol–water partition coefficient (Wildman–Crippen LogP) is 4.41. The van der Waals surface area contributed by atoms with Gasteiger partial charge in [-0.3, -0.25) is 9.52 Å². The van der Waals surface area contributed by atoms with Crippen molar-refractivity contribution < 1.29 is 27.1 Å². The van der Waals surface area contributed by atoms with E-state index in [0.29, 0.717) is 46.6 Å². The molecule has 4 rings (SSSR count). The van der Waals surface area contributed by atoms with E-state index in [4.69, 9.17) is 13.9 Å². The second kappa shape index (κ2) is 7.05. The molecule has 30 heavy (non-hydrogen) atoms. The Balaban J connectivity index is 1.75. The van der Waals surface area contributed by atoms with Gasteiger partial charge in [-0.05, 0) is 35.7 Å². The molecule has 158 valence electrons. The molecule has 7 nitrogen and oxygen atoms in total. The summed E-state index contributed by atoms with van der Waals surface area (Å²) in [7, 11) is -1.11. The second-order valence-corrected chi connectivity index (χ2v) is 9.83. The third-order valence-corrected chi connectivity index (χ3v) is 6.63. The van der Waals surface area contributed by atoms with Crippen molar-refractivity contribution in [3.8, 4) is 11.5 Å². The summed E-state index contributed by atoms with van der Waals surface area (Å²) in [6.07, 6.45) is 1.08. The van der Waals surface area contributed by atoms with Gasteiger partial charge in [-0.25, -0.2) is 8.42 Å². The Labute approximate surface area is 175 Å². The van der Waals surface area contributed by atoms with Gasteiger partial charge in [0, 0.05) is 30.0 Å². The summed E-state index contributed by atoms with van der Waals surface area (Å²) in [4.78, 5) is 12.7. The number of furan rings is 1. The lowest BCUT2D eigenvalue weighted by Crippen LogP contribution is -2.25. The molecule has 1 heterocycles. The molecule has 3 aromatic rings. The molecule has 0 aliphatic heterocycles. The Bertz CT molecular complexity index is 1260. The minimum Gasteiger partial charge on any atom is -0.497 e. The Morgan fingerprint density at radius 3 is 2.50 bits per heavy atom. The minimum atomic E-state index is -3.96. The molecule has 0 radical (unpaired) electrons. The standard InChI is InChI=1S/C22H23NO6S/c1-22(2)11-16(24)21-15-9-13(5-7-17(15)29-19(21)12-22)23-30(25,26)20-10-14(27-3)6-8-18(20)28-4/h5-10,23H,11-12H2,1-4H3. The van der Waals surface area contributed by atoms with Gasteiger partial charge in [-0.15, -0.1) is 0 Å². The molecule has 0 bridgehead atoms. The molecular weight excluding hydrogens is 406 g/mol. The summed E-state index contributed by atoms with van der Waals surface area (Å²) in [6.45, 7) is 4.06. The van der Waals surface area contributed by atoms with E-state index in [1.54, 1.807) is 24.3 Å². The van der Waals surface area contributed by atoms with Crippen LogP contribution in [0.25, 0.3) is 11.0 Å². The highest BCUT2D eigenvalue weighted by Gasteiger charge is 2.35. The van der Waals surface area contributed by atoms with E-state index in [9.17, 15) is 13.2 Å². The highest BCUT2D eigenvalue weighted by molar-refractivity contribution is 7.92. The largest absolute Gasteiger partial charge is 0.497 e. The topological polar surface area (TPSA) is 94.8 Å². The normalized spacial score (nSPS) is 15.7. The van der Waals surface area contributed by atoms with E-state index in [0.717, 1.165) is 0 Å². The van der Waals surface area contributed by atoms with Crippen LogP contribution in [0.4, 0.5) is 5.69 Å². The summed E-state index contributed by atoms with van der Waals surface area (Å²) in [5.41, 5.74) is 1.27. The number of rotatable bonds is 5. The van der Waals surface area contributed by atoms with Gasteiger partial charge in [-0.2, -0.15) is 0 Å². The maximum absolute atomic E-state index is 13.0. The molecular formula is C22H23NO6S. The number of carbonyl (C=O) groups is 1. The minimum absolute atomic E-state index is 0.00877. The van der Waals surface area contributed by atoms with Gasteiger partial charge in [0.05, 0.1) is 19.8 Å². The smallest absolute Gasteiger partial charge is 0.265 e. The zero-order chi connectivity index (χ0) is 21.7. The summed E-state index contributed by atoms with van der Waals surface area (Å²) in [5, 5.41) is 0.614. The number of Topliss-reactive ketones (excluding diaryl/α,β-unsaturated/α-hetero) is 1. The first kappa shape index (κ1) is 20.3.